The van der Waals surface area contributed by atoms with E-state index in [-0.39, 0.29) is 12.3 Å². The van der Waals surface area contributed by atoms with Gasteiger partial charge in [-0.1, -0.05) is 18.2 Å². The Hall–Kier alpha value is -2.71. The number of nitrogens with zero attached hydrogens (tertiary/aromatic N) is 2. The predicted octanol–water partition coefficient (Wildman–Crippen LogP) is 3.72. The van der Waals surface area contributed by atoms with E-state index in [1.807, 2.05) is 43.4 Å². The van der Waals surface area contributed by atoms with E-state index in [4.69, 9.17) is 5.11 Å². The van der Waals surface area contributed by atoms with Gasteiger partial charge in [-0.3, -0.25) is 14.9 Å². The van der Waals surface area contributed by atoms with Crippen molar-refractivity contribution in [1.29, 1.82) is 0 Å². The molecule has 0 spiro atoms. The van der Waals surface area contributed by atoms with Crippen LogP contribution < -0.4 is 10.2 Å². The number of amides is 1. The first-order chi connectivity index (χ1) is 12.5. The van der Waals surface area contributed by atoms with E-state index >= 15 is 0 Å². The summed E-state index contributed by atoms with van der Waals surface area (Å²) in [5, 5.41) is 13.5. The number of benzene rings is 1. The molecule has 0 aliphatic rings. The van der Waals surface area contributed by atoms with Crippen molar-refractivity contribution in [2.45, 2.75) is 13.0 Å². The van der Waals surface area contributed by atoms with Crippen molar-refractivity contribution in [2.24, 2.45) is 0 Å². The van der Waals surface area contributed by atoms with Gasteiger partial charge in [-0.15, -0.1) is 22.7 Å². The maximum absolute atomic E-state index is 12.4. The van der Waals surface area contributed by atoms with Gasteiger partial charge < -0.3 is 10.0 Å². The number of nitrogens with one attached hydrogen (secondary N) is 1. The summed E-state index contributed by atoms with van der Waals surface area (Å²) >= 11 is 2.65. The minimum absolute atomic E-state index is 0.151. The Morgan fingerprint density at radius 3 is 2.69 bits per heavy atom. The number of carbonyl (C=O) groups is 2. The standard InChI is InChI=1S/C18H17N3O3S2/c1-21(13-5-3-2-4-6-13)10-14-7-8-15(26-14)17(24)20-18-19-12(11-25-18)9-16(22)23/h2-8,11H,9-10H2,1H3,(H,22,23)(H,19,20,24). The monoisotopic (exact) mass is 387 g/mol. The molecular weight excluding hydrogens is 370 g/mol. The Labute approximate surface area is 158 Å². The molecule has 2 heterocycles. The van der Waals surface area contributed by atoms with Gasteiger partial charge >= 0.3 is 5.97 Å². The largest absolute Gasteiger partial charge is 0.481 e. The lowest BCUT2D eigenvalue weighted by atomic mass is 10.3. The number of carboxylic acids is 1. The van der Waals surface area contributed by atoms with Gasteiger partial charge in [0.15, 0.2) is 5.13 Å². The van der Waals surface area contributed by atoms with Gasteiger partial charge in [0.1, 0.15) is 0 Å². The van der Waals surface area contributed by atoms with Crippen molar-refractivity contribution >= 4 is 45.4 Å². The molecule has 0 unspecified atom stereocenters. The van der Waals surface area contributed by atoms with Crippen LogP contribution in [0.1, 0.15) is 20.2 Å². The van der Waals surface area contributed by atoms with Crippen LogP contribution in [0.15, 0.2) is 47.8 Å². The lowest BCUT2D eigenvalue weighted by Crippen LogP contribution is -2.15. The first kappa shape index (κ1) is 18.1. The lowest BCUT2D eigenvalue weighted by Gasteiger charge is -2.18. The molecule has 3 rings (SSSR count). The van der Waals surface area contributed by atoms with Crippen LogP contribution in [-0.2, 0) is 17.8 Å². The van der Waals surface area contributed by atoms with E-state index in [1.54, 1.807) is 11.4 Å². The Kier molecular flexibility index (Phi) is 5.65. The maximum Gasteiger partial charge on any atom is 0.309 e. The first-order valence-electron chi connectivity index (χ1n) is 7.83. The summed E-state index contributed by atoms with van der Waals surface area (Å²) in [4.78, 5) is 30.9. The normalized spacial score (nSPS) is 10.5. The van der Waals surface area contributed by atoms with E-state index in [0.717, 1.165) is 10.6 Å². The van der Waals surface area contributed by atoms with Gasteiger partial charge in [-0.25, -0.2) is 4.98 Å². The third-order valence-corrected chi connectivity index (χ3v) is 5.46. The molecule has 3 aromatic rings. The molecule has 134 valence electrons. The topological polar surface area (TPSA) is 82.5 Å². The number of anilines is 2. The highest BCUT2D eigenvalue weighted by Crippen LogP contribution is 2.23. The Morgan fingerprint density at radius 2 is 1.96 bits per heavy atom. The molecule has 0 radical (unpaired) electrons. The molecule has 6 nitrogen and oxygen atoms in total. The average Bonchev–Trinajstić information content (AvgIpc) is 3.25. The average molecular weight is 387 g/mol. The third kappa shape index (κ3) is 4.68. The third-order valence-electron chi connectivity index (χ3n) is 3.58. The molecule has 1 aromatic carbocycles. The van der Waals surface area contributed by atoms with Crippen molar-refractivity contribution in [3.63, 3.8) is 0 Å². The molecule has 2 N–H and O–H groups in total. The quantitative estimate of drug-likeness (QED) is 0.646. The maximum atomic E-state index is 12.4. The molecule has 8 heteroatoms. The summed E-state index contributed by atoms with van der Waals surface area (Å²) in [6.45, 7) is 0.710. The van der Waals surface area contributed by atoms with E-state index in [2.05, 4.69) is 15.2 Å². The summed E-state index contributed by atoms with van der Waals surface area (Å²) in [5.74, 6) is -1.18. The number of carbonyl (C=O) groups excluding carboxylic acids is 1. The molecule has 0 atom stereocenters. The summed E-state index contributed by atoms with van der Waals surface area (Å²) in [5.41, 5.74) is 1.55. The molecule has 2 aromatic heterocycles. The molecule has 26 heavy (non-hydrogen) atoms. The molecule has 0 aliphatic carbocycles. The van der Waals surface area contributed by atoms with E-state index < -0.39 is 5.97 Å². The zero-order chi connectivity index (χ0) is 18.5. The zero-order valence-electron chi connectivity index (χ0n) is 14.0. The van der Waals surface area contributed by atoms with E-state index in [9.17, 15) is 9.59 Å². The molecule has 0 aliphatic heterocycles. The second kappa shape index (κ2) is 8.11. The molecule has 0 saturated heterocycles. The van der Waals surface area contributed by atoms with Crippen molar-refractivity contribution in [3.8, 4) is 0 Å². The number of thiazole rings is 1. The van der Waals surface area contributed by atoms with Gasteiger partial charge in [-0.05, 0) is 24.3 Å². The number of hydrogen-bond donors (Lipinski definition) is 2. The van der Waals surface area contributed by atoms with Crippen molar-refractivity contribution in [1.82, 2.24) is 4.98 Å². The number of hydrogen-bond acceptors (Lipinski definition) is 6. The number of aromatic nitrogens is 1. The molecule has 0 fully saturated rings. The van der Waals surface area contributed by atoms with Crippen LogP contribution in [0.4, 0.5) is 10.8 Å². The van der Waals surface area contributed by atoms with Gasteiger partial charge in [-0.2, -0.15) is 0 Å². The Morgan fingerprint density at radius 1 is 1.19 bits per heavy atom. The van der Waals surface area contributed by atoms with Gasteiger partial charge in [0.2, 0.25) is 0 Å². The fraction of sp³-hybridized carbons (Fsp3) is 0.167. The second-order valence-corrected chi connectivity index (χ2v) is 7.65. The second-order valence-electron chi connectivity index (χ2n) is 5.63. The van der Waals surface area contributed by atoms with Gasteiger partial charge in [0, 0.05) is 23.0 Å². The van der Waals surface area contributed by atoms with Crippen molar-refractivity contribution < 1.29 is 14.7 Å². The zero-order valence-corrected chi connectivity index (χ0v) is 15.6. The number of para-hydroxylation sites is 1. The van der Waals surface area contributed by atoms with Crippen LogP contribution in [0.25, 0.3) is 0 Å². The fourth-order valence-corrected chi connectivity index (χ4v) is 4.01. The molecule has 0 bridgehead atoms. The number of rotatable bonds is 7. The Balaban J connectivity index is 1.61. The fourth-order valence-electron chi connectivity index (χ4n) is 2.35. The van der Waals surface area contributed by atoms with Crippen LogP contribution >= 0.6 is 22.7 Å². The predicted molar refractivity (Wildman–Crippen MR) is 104 cm³/mol. The SMILES string of the molecule is CN(Cc1ccc(C(=O)Nc2nc(CC(=O)O)cs2)s1)c1ccccc1. The molecule has 0 saturated carbocycles. The highest BCUT2D eigenvalue weighted by molar-refractivity contribution is 7.15. The Bertz CT molecular complexity index is 905. The van der Waals surface area contributed by atoms with E-state index in [0.29, 0.717) is 22.2 Å². The van der Waals surface area contributed by atoms with Crippen LogP contribution in [-0.4, -0.2) is 29.0 Å². The minimum atomic E-state index is -0.946. The van der Waals surface area contributed by atoms with Crippen LogP contribution in [0.2, 0.25) is 0 Å². The highest BCUT2D eigenvalue weighted by Gasteiger charge is 2.13. The van der Waals surface area contributed by atoms with Crippen molar-refractivity contribution in [2.75, 3.05) is 17.3 Å². The summed E-state index contributed by atoms with van der Waals surface area (Å²) < 4.78 is 0. The summed E-state index contributed by atoms with van der Waals surface area (Å²) in [7, 11) is 2.01. The molecule has 1 amide bonds. The van der Waals surface area contributed by atoms with Crippen LogP contribution in [0, 0.1) is 0 Å². The van der Waals surface area contributed by atoms with Crippen LogP contribution in [0.5, 0.6) is 0 Å². The lowest BCUT2D eigenvalue weighted by molar-refractivity contribution is -0.136. The van der Waals surface area contributed by atoms with Crippen LogP contribution in [0.3, 0.4) is 0 Å². The summed E-state index contributed by atoms with van der Waals surface area (Å²) in [6.07, 6.45) is -0.151. The van der Waals surface area contributed by atoms with Gasteiger partial charge in [0.25, 0.3) is 5.91 Å². The minimum Gasteiger partial charge on any atom is -0.481 e. The van der Waals surface area contributed by atoms with Crippen molar-refractivity contribution in [3.05, 3.63) is 63.3 Å². The smallest absolute Gasteiger partial charge is 0.309 e. The highest BCUT2D eigenvalue weighted by atomic mass is 32.1. The summed E-state index contributed by atoms with van der Waals surface area (Å²) in [6, 6.07) is 13.8. The number of carboxylic acid groups (broad SMARTS) is 1. The molecular formula is C18H17N3O3S2. The first-order valence-corrected chi connectivity index (χ1v) is 9.53. The number of aliphatic carboxylic acids is 1. The van der Waals surface area contributed by atoms with E-state index in [1.165, 1.54) is 22.7 Å². The number of thiophene rings is 1. The van der Waals surface area contributed by atoms with Gasteiger partial charge in [0.05, 0.1) is 23.5 Å².